The maximum absolute atomic E-state index is 11.9. The molecule has 0 aliphatic carbocycles. The lowest BCUT2D eigenvalue weighted by atomic mass is 10.1. The third-order valence-electron chi connectivity index (χ3n) is 3.40. The van der Waals surface area contributed by atoms with Crippen molar-refractivity contribution >= 4 is 23.3 Å². The van der Waals surface area contributed by atoms with E-state index in [9.17, 15) is 9.59 Å². The number of nitrogens with zero attached hydrogens (tertiary/aromatic N) is 2. The van der Waals surface area contributed by atoms with E-state index in [1.807, 2.05) is 30.0 Å². The predicted octanol–water partition coefficient (Wildman–Crippen LogP) is 1.64. The molecule has 0 saturated heterocycles. The highest BCUT2D eigenvalue weighted by Crippen LogP contribution is 2.32. The van der Waals surface area contributed by atoms with Crippen molar-refractivity contribution in [1.82, 2.24) is 0 Å². The molecule has 1 N–H and O–H groups in total. The molecule has 0 bridgehead atoms. The molecule has 0 fully saturated rings. The summed E-state index contributed by atoms with van der Waals surface area (Å²) >= 11 is 0. The van der Waals surface area contributed by atoms with Crippen molar-refractivity contribution in [3.8, 4) is 0 Å². The van der Waals surface area contributed by atoms with Gasteiger partial charge in [0.25, 0.3) is 0 Å². The number of anilines is 2. The fraction of sp³-hybridized carbons (Fsp3) is 0.429. The van der Waals surface area contributed by atoms with E-state index in [2.05, 4.69) is 0 Å². The van der Waals surface area contributed by atoms with Crippen LogP contribution in [0.4, 0.5) is 11.4 Å². The lowest BCUT2D eigenvalue weighted by molar-refractivity contribution is -0.136. The molecule has 102 valence electrons. The van der Waals surface area contributed by atoms with E-state index in [0.29, 0.717) is 19.5 Å². The Kier molecular flexibility index (Phi) is 3.74. The number of benzene rings is 1. The van der Waals surface area contributed by atoms with Gasteiger partial charge in [-0.15, -0.1) is 0 Å². The summed E-state index contributed by atoms with van der Waals surface area (Å²) in [7, 11) is 1.76. The Balaban J connectivity index is 2.36. The molecule has 1 aliphatic heterocycles. The number of rotatable bonds is 3. The number of hydrogen-bond donors (Lipinski definition) is 1. The largest absolute Gasteiger partial charge is 0.481 e. The lowest BCUT2D eigenvalue weighted by Gasteiger charge is -2.25. The number of aliphatic carboxylic acids is 1. The lowest BCUT2D eigenvalue weighted by Crippen LogP contribution is -2.27. The van der Waals surface area contributed by atoms with Gasteiger partial charge in [0, 0.05) is 26.6 Å². The monoisotopic (exact) mass is 262 g/mol. The molecule has 0 atom stereocenters. The van der Waals surface area contributed by atoms with Crippen LogP contribution < -0.4 is 9.80 Å². The van der Waals surface area contributed by atoms with Crippen molar-refractivity contribution in [2.24, 2.45) is 0 Å². The van der Waals surface area contributed by atoms with Crippen LogP contribution in [0, 0.1) is 6.92 Å². The van der Waals surface area contributed by atoms with E-state index < -0.39 is 5.97 Å². The number of carboxylic acids is 1. The number of fused-ring (bicyclic) bond motifs is 1. The Morgan fingerprint density at radius 2 is 2.11 bits per heavy atom. The molecular weight excluding hydrogens is 244 g/mol. The summed E-state index contributed by atoms with van der Waals surface area (Å²) < 4.78 is 0. The first-order valence-electron chi connectivity index (χ1n) is 6.33. The second-order valence-electron chi connectivity index (χ2n) is 4.83. The molecule has 1 aliphatic rings. The topological polar surface area (TPSA) is 60.9 Å². The average Bonchev–Trinajstić information content (AvgIpc) is 2.47. The zero-order valence-electron chi connectivity index (χ0n) is 11.2. The van der Waals surface area contributed by atoms with Crippen LogP contribution in [0.2, 0.25) is 0 Å². The van der Waals surface area contributed by atoms with Gasteiger partial charge in [-0.25, -0.2) is 0 Å². The van der Waals surface area contributed by atoms with Gasteiger partial charge < -0.3 is 14.9 Å². The molecule has 1 aromatic carbocycles. The fourth-order valence-corrected chi connectivity index (χ4v) is 2.29. The first-order chi connectivity index (χ1) is 8.99. The Morgan fingerprint density at radius 3 is 2.79 bits per heavy atom. The minimum absolute atomic E-state index is 0.0583. The van der Waals surface area contributed by atoms with Gasteiger partial charge in [0.15, 0.2) is 0 Å². The van der Waals surface area contributed by atoms with Crippen molar-refractivity contribution in [3.05, 3.63) is 23.8 Å². The molecule has 0 radical (unpaired) electrons. The molecule has 0 saturated carbocycles. The summed E-state index contributed by atoms with van der Waals surface area (Å²) in [4.78, 5) is 26.3. The summed E-state index contributed by atoms with van der Waals surface area (Å²) in [5, 5.41) is 8.82. The molecule has 2 rings (SSSR count). The van der Waals surface area contributed by atoms with Gasteiger partial charge in [0.1, 0.15) is 0 Å². The van der Waals surface area contributed by atoms with Gasteiger partial charge in [-0.3, -0.25) is 9.59 Å². The minimum Gasteiger partial charge on any atom is -0.481 e. The van der Waals surface area contributed by atoms with Crippen molar-refractivity contribution < 1.29 is 14.7 Å². The maximum atomic E-state index is 11.9. The maximum Gasteiger partial charge on any atom is 0.305 e. The van der Waals surface area contributed by atoms with Gasteiger partial charge in [-0.2, -0.15) is 0 Å². The predicted molar refractivity (Wildman–Crippen MR) is 73.7 cm³/mol. The smallest absolute Gasteiger partial charge is 0.305 e. The number of aryl methyl sites for hydroxylation is 1. The first kappa shape index (κ1) is 13.4. The van der Waals surface area contributed by atoms with Crippen LogP contribution in [0.25, 0.3) is 0 Å². The van der Waals surface area contributed by atoms with Gasteiger partial charge >= 0.3 is 5.97 Å². The van der Waals surface area contributed by atoms with Gasteiger partial charge in [0.2, 0.25) is 5.91 Å². The third-order valence-corrected chi connectivity index (χ3v) is 3.40. The molecule has 5 nitrogen and oxygen atoms in total. The van der Waals surface area contributed by atoms with Crippen LogP contribution in [-0.2, 0) is 9.59 Å². The Hall–Kier alpha value is -2.04. The van der Waals surface area contributed by atoms with E-state index in [1.54, 1.807) is 11.9 Å². The number of carbonyl (C=O) groups is 2. The summed E-state index contributed by atoms with van der Waals surface area (Å²) in [5.74, 6) is -0.763. The number of amides is 1. The van der Waals surface area contributed by atoms with Crippen LogP contribution in [0.15, 0.2) is 18.2 Å². The molecule has 1 aromatic rings. The average molecular weight is 262 g/mol. The fourth-order valence-electron chi connectivity index (χ4n) is 2.29. The standard InChI is InChI=1S/C14H18N2O3/c1-10-3-4-11-12(9-10)16(8-6-14(18)19)7-5-13(17)15(11)2/h3-4,9H,5-8H2,1-2H3,(H,18,19). The number of hydrogen-bond acceptors (Lipinski definition) is 3. The second-order valence-corrected chi connectivity index (χ2v) is 4.83. The van der Waals surface area contributed by atoms with Crippen LogP contribution in [0.5, 0.6) is 0 Å². The molecule has 5 heteroatoms. The summed E-state index contributed by atoms with van der Waals surface area (Å²) in [6.07, 6.45) is 0.481. The van der Waals surface area contributed by atoms with Gasteiger partial charge in [-0.05, 0) is 24.6 Å². The van der Waals surface area contributed by atoms with E-state index in [4.69, 9.17) is 5.11 Å². The highest BCUT2D eigenvalue weighted by Gasteiger charge is 2.23. The Labute approximate surface area is 112 Å². The van der Waals surface area contributed by atoms with Crippen LogP contribution >= 0.6 is 0 Å². The van der Waals surface area contributed by atoms with Crippen molar-refractivity contribution in [3.63, 3.8) is 0 Å². The van der Waals surface area contributed by atoms with Crippen LogP contribution in [0.3, 0.4) is 0 Å². The van der Waals surface area contributed by atoms with Crippen LogP contribution in [0.1, 0.15) is 18.4 Å². The Morgan fingerprint density at radius 1 is 1.37 bits per heavy atom. The summed E-state index contributed by atoms with van der Waals surface area (Å²) in [5.41, 5.74) is 2.88. The van der Waals surface area contributed by atoms with Gasteiger partial charge in [0.05, 0.1) is 17.8 Å². The minimum atomic E-state index is -0.821. The van der Waals surface area contributed by atoms with Crippen molar-refractivity contribution in [2.45, 2.75) is 19.8 Å². The normalized spacial score (nSPS) is 15.2. The highest BCUT2D eigenvalue weighted by molar-refractivity contribution is 5.98. The van der Waals surface area contributed by atoms with E-state index in [1.165, 1.54) is 0 Å². The second kappa shape index (κ2) is 5.30. The first-order valence-corrected chi connectivity index (χ1v) is 6.33. The van der Waals surface area contributed by atoms with E-state index in [0.717, 1.165) is 16.9 Å². The SMILES string of the molecule is Cc1ccc2c(c1)N(CCC(=O)O)CCC(=O)N2C. The van der Waals surface area contributed by atoms with E-state index in [-0.39, 0.29) is 12.3 Å². The Bertz CT molecular complexity index is 513. The zero-order valence-corrected chi connectivity index (χ0v) is 11.2. The van der Waals surface area contributed by atoms with E-state index >= 15 is 0 Å². The van der Waals surface area contributed by atoms with Gasteiger partial charge in [-0.1, -0.05) is 6.07 Å². The number of carbonyl (C=O) groups excluding carboxylic acids is 1. The number of carboxylic acid groups (broad SMARTS) is 1. The quantitative estimate of drug-likeness (QED) is 0.899. The summed E-state index contributed by atoms with van der Waals surface area (Å²) in [6.45, 7) is 2.97. The molecule has 1 heterocycles. The van der Waals surface area contributed by atoms with Crippen LogP contribution in [-0.4, -0.2) is 37.1 Å². The summed E-state index contributed by atoms with van der Waals surface area (Å²) in [6, 6.07) is 5.89. The third kappa shape index (κ3) is 2.86. The highest BCUT2D eigenvalue weighted by atomic mass is 16.4. The molecule has 0 spiro atoms. The molecule has 0 unspecified atom stereocenters. The molecule has 1 amide bonds. The molecule has 19 heavy (non-hydrogen) atoms. The molecular formula is C14H18N2O3. The van der Waals surface area contributed by atoms with Crippen molar-refractivity contribution in [1.29, 1.82) is 0 Å². The molecule has 0 aromatic heterocycles. The zero-order chi connectivity index (χ0) is 14.0. The van der Waals surface area contributed by atoms with Crippen molar-refractivity contribution in [2.75, 3.05) is 29.9 Å².